The molecule has 0 aliphatic rings. The fraction of sp³-hybridized carbons (Fsp3) is 0.267. The number of nitro benzene ring substituents is 1. The molecule has 2 rings (SSSR count). The number of carbonyl (C=O) groups is 1. The number of amides is 1. The summed E-state index contributed by atoms with van der Waals surface area (Å²) in [5.74, 6) is -1.87. The van der Waals surface area contributed by atoms with Gasteiger partial charge in [0, 0.05) is 23.9 Å². The molecule has 0 radical (unpaired) electrons. The van der Waals surface area contributed by atoms with Crippen molar-refractivity contribution in [3.05, 3.63) is 66.7 Å². The van der Waals surface area contributed by atoms with Gasteiger partial charge in [-0.3, -0.25) is 24.7 Å². The zero-order valence-corrected chi connectivity index (χ0v) is 14.4. The van der Waals surface area contributed by atoms with E-state index in [0.717, 1.165) is 12.1 Å². The minimum atomic E-state index is -4.86. The summed E-state index contributed by atoms with van der Waals surface area (Å²) in [5.41, 5.74) is -4.27. The number of anilines is 1. The van der Waals surface area contributed by atoms with E-state index in [0.29, 0.717) is 12.3 Å². The Labute approximate surface area is 153 Å². The summed E-state index contributed by atoms with van der Waals surface area (Å²) in [4.78, 5) is 44.8. The summed E-state index contributed by atoms with van der Waals surface area (Å²) in [6.45, 7) is 3.15. The maximum Gasteiger partial charge on any atom is 0.423 e. The molecule has 9 nitrogen and oxygen atoms in total. The third-order valence-electron chi connectivity index (χ3n) is 3.06. The Balaban J connectivity index is 0.000000362. The molecule has 1 aromatic carbocycles. The van der Waals surface area contributed by atoms with Gasteiger partial charge in [0.2, 0.25) is 11.7 Å². The van der Waals surface area contributed by atoms with Crippen molar-refractivity contribution in [1.82, 2.24) is 9.97 Å². The summed E-state index contributed by atoms with van der Waals surface area (Å²) in [6.07, 6.45) is -4.15. The summed E-state index contributed by atoms with van der Waals surface area (Å²) in [5, 5.41) is 12.8. The van der Waals surface area contributed by atoms with Crippen molar-refractivity contribution < 1.29 is 27.3 Å². The topological polar surface area (TPSA) is 138 Å². The lowest BCUT2D eigenvalue weighted by molar-refractivity contribution is -0.388. The smallest absolute Gasteiger partial charge is 0.326 e. The highest BCUT2D eigenvalue weighted by Gasteiger charge is 2.38. The van der Waals surface area contributed by atoms with E-state index in [-0.39, 0.29) is 5.69 Å². The maximum absolute atomic E-state index is 12.7. The average molecular weight is 406 g/mol. The number of hydrogen-bond acceptors (Lipinski definition) is 5. The number of benzene rings is 1. The molecule has 1 heterocycles. The highest BCUT2D eigenvalue weighted by Crippen LogP contribution is 2.37. The second-order valence-electron chi connectivity index (χ2n) is 5.55. The van der Waals surface area contributed by atoms with Gasteiger partial charge in [0.15, 0.2) is 0 Å². The monoisotopic (exact) mass is 406 g/mol. The summed E-state index contributed by atoms with van der Waals surface area (Å²) < 4.78 is 50.0. The molecular formula is C15H14F4N4O5. The number of nitrogens with zero attached hydrogens (tertiary/aromatic N) is 1. The van der Waals surface area contributed by atoms with Crippen LogP contribution in [0.2, 0.25) is 0 Å². The second-order valence-corrected chi connectivity index (χ2v) is 5.55. The number of nitrogens with one attached hydrogen (secondary N) is 3. The van der Waals surface area contributed by atoms with Gasteiger partial charge in [0.25, 0.3) is 11.2 Å². The van der Waals surface area contributed by atoms with Gasteiger partial charge in [-0.2, -0.15) is 17.6 Å². The first-order valence-corrected chi connectivity index (χ1v) is 7.47. The van der Waals surface area contributed by atoms with Gasteiger partial charge >= 0.3 is 11.9 Å². The third kappa shape index (κ3) is 6.34. The van der Waals surface area contributed by atoms with E-state index in [1.165, 1.54) is 0 Å². The summed E-state index contributed by atoms with van der Waals surface area (Å²) in [6, 6.07) is 2.34. The Morgan fingerprint density at radius 3 is 2.29 bits per heavy atom. The zero-order valence-electron chi connectivity index (χ0n) is 14.4. The molecular weight excluding hydrogens is 392 g/mol. The fourth-order valence-electron chi connectivity index (χ4n) is 1.68. The van der Waals surface area contributed by atoms with E-state index in [4.69, 9.17) is 0 Å². The van der Waals surface area contributed by atoms with Crippen LogP contribution in [0.1, 0.15) is 19.4 Å². The van der Waals surface area contributed by atoms with E-state index < -0.39 is 51.2 Å². The standard InChI is InChI=1S/C11H11F3N2O3.C4H3FN2O2/c1-6(2)10(17)15-7-3-4-9(16(18)19)8(5-7)11(12,13)14;5-2-1-6-4(9)7-3(2)8/h3-6H,1-2H3,(H,15,17);1H,(H2,6,7,8,9). The average Bonchev–Trinajstić information content (AvgIpc) is 2.58. The number of hydrogen-bond donors (Lipinski definition) is 3. The Hall–Kier alpha value is -3.51. The van der Waals surface area contributed by atoms with Crippen molar-refractivity contribution in [2.45, 2.75) is 20.0 Å². The maximum atomic E-state index is 12.7. The van der Waals surface area contributed by atoms with Crippen LogP contribution in [0.25, 0.3) is 0 Å². The van der Waals surface area contributed by atoms with E-state index >= 15 is 0 Å². The van der Waals surface area contributed by atoms with Crippen LogP contribution in [0.4, 0.5) is 28.9 Å². The zero-order chi connectivity index (χ0) is 21.6. The predicted molar refractivity (Wildman–Crippen MR) is 89.2 cm³/mol. The van der Waals surface area contributed by atoms with Crippen LogP contribution in [-0.2, 0) is 11.0 Å². The Bertz CT molecular complexity index is 981. The second kappa shape index (κ2) is 8.92. The van der Waals surface area contributed by atoms with Crippen molar-refractivity contribution >= 4 is 17.3 Å². The lowest BCUT2D eigenvalue weighted by Crippen LogP contribution is -2.23. The molecule has 0 aliphatic carbocycles. The molecule has 0 saturated heterocycles. The third-order valence-corrected chi connectivity index (χ3v) is 3.06. The first kappa shape index (κ1) is 22.5. The largest absolute Gasteiger partial charge is 0.423 e. The van der Waals surface area contributed by atoms with Crippen molar-refractivity contribution in [3.63, 3.8) is 0 Å². The lowest BCUT2D eigenvalue weighted by atomic mass is 10.1. The van der Waals surface area contributed by atoms with Crippen LogP contribution in [-0.4, -0.2) is 20.8 Å². The SMILES string of the molecule is CC(C)C(=O)Nc1ccc([N+](=O)[O-])c(C(F)(F)F)c1.O=c1[nH]cc(F)c(=O)[nH]1. The van der Waals surface area contributed by atoms with Gasteiger partial charge in [-0.05, 0) is 12.1 Å². The molecule has 152 valence electrons. The number of H-pyrrole nitrogens is 2. The number of aromatic amines is 2. The van der Waals surface area contributed by atoms with Gasteiger partial charge in [0.1, 0.15) is 5.56 Å². The molecule has 0 atom stereocenters. The van der Waals surface area contributed by atoms with Crippen LogP contribution in [0.5, 0.6) is 0 Å². The molecule has 0 unspecified atom stereocenters. The molecule has 13 heteroatoms. The molecule has 0 bridgehead atoms. The quantitative estimate of drug-likeness (QED) is 0.408. The van der Waals surface area contributed by atoms with Crippen molar-refractivity contribution in [2.75, 3.05) is 5.32 Å². The number of alkyl halides is 3. The van der Waals surface area contributed by atoms with Crippen LogP contribution in [0.3, 0.4) is 0 Å². The Morgan fingerprint density at radius 1 is 1.25 bits per heavy atom. The summed E-state index contributed by atoms with van der Waals surface area (Å²) >= 11 is 0. The molecule has 0 saturated carbocycles. The lowest BCUT2D eigenvalue weighted by Gasteiger charge is -2.11. The molecule has 0 aliphatic heterocycles. The molecule has 2 aromatic rings. The number of rotatable bonds is 3. The number of halogens is 4. The van der Waals surface area contributed by atoms with Crippen molar-refractivity contribution in [3.8, 4) is 0 Å². The van der Waals surface area contributed by atoms with E-state index in [1.807, 2.05) is 4.98 Å². The Kier molecular flexibility index (Phi) is 7.18. The van der Waals surface area contributed by atoms with Crippen molar-refractivity contribution in [2.24, 2.45) is 5.92 Å². The van der Waals surface area contributed by atoms with Gasteiger partial charge in [-0.15, -0.1) is 0 Å². The minimum absolute atomic E-state index is 0.128. The first-order valence-electron chi connectivity index (χ1n) is 7.47. The highest BCUT2D eigenvalue weighted by atomic mass is 19.4. The molecule has 0 fully saturated rings. The van der Waals surface area contributed by atoms with Gasteiger partial charge < -0.3 is 10.3 Å². The van der Waals surface area contributed by atoms with Crippen molar-refractivity contribution in [1.29, 1.82) is 0 Å². The summed E-state index contributed by atoms with van der Waals surface area (Å²) in [7, 11) is 0. The normalized spacial score (nSPS) is 10.8. The van der Waals surface area contributed by atoms with Crippen LogP contribution < -0.4 is 16.6 Å². The van der Waals surface area contributed by atoms with Gasteiger partial charge in [-0.1, -0.05) is 13.8 Å². The molecule has 3 N–H and O–H groups in total. The number of nitro groups is 1. The minimum Gasteiger partial charge on any atom is -0.326 e. The number of aromatic nitrogens is 2. The molecule has 28 heavy (non-hydrogen) atoms. The van der Waals surface area contributed by atoms with E-state index in [1.54, 1.807) is 18.8 Å². The predicted octanol–water partition coefficient (Wildman–Crippen LogP) is 2.41. The van der Waals surface area contributed by atoms with Gasteiger partial charge in [0.05, 0.1) is 4.92 Å². The highest BCUT2D eigenvalue weighted by molar-refractivity contribution is 5.92. The first-order chi connectivity index (χ1) is 12.8. The van der Waals surface area contributed by atoms with Crippen LogP contribution in [0, 0.1) is 21.8 Å². The van der Waals surface area contributed by atoms with Crippen LogP contribution in [0.15, 0.2) is 34.0 Å². The van der Waals surface area contributed by atoms with Crippen LogP contribution >= 0.6 is 0 Å². The molecule has 1 amide bonds. The van der Waals surface area contributed by atoms with Gasteiger partial charge in [-0.25, -0.2) is 4.79 Å². The molecule has 0 spiro atoms. The molecule has 1 aromatic heterocycles. The van der Waals surface area contributed by atoms with E-state index in [9.17, 15) is 42.1 Å². The fourth-order valence-corrected chi connectivity index (χ4v) is 1.68. The van der Waals surface area contributed by atoms with E-state index in [2.05, 4.69) is 5.32 Å². The number of carbonyl (C=O) groups excluding carboxylic acids is 1. The Morgan fingerprint density at radius 2 is 1.86 bits per heavy atom.